The molecule has 3 rings (SSSR count). The van der Waals surface area contributed by atoms with Gasteiger partial charge in [-0.1, -0.05) is 36.4 Å². The number of hydrogen-bond acceptors (Lipinski definition) is 4. The summed E-state index contributed by atoms with van der Waals surface area (Å²) in [5.41, 5.74) is 1.89. The van der Waals surface area contributed by atoms with Crippen LogP contribution < -0.4 is 5.32 Å². The molecule has 0 bridgehead atoms. The Morgan fingerprint density at radius 2 is 1.68 bits per heavy atom. The third-order valence-electron chi connectivity index (χ3n) is 4.55. The Hall–Kier alpha value is -3.45. The number of aliphatic carboxylic acids is 2. The molecule has 1 atom stereocenters. The van der Waals surface area contributed by atoms with E-state index in [1.807, 2.05) is 30.3 Å². The summed E-state index contributed by atoms with van der Waals surface area (Å²) in [7, 11) is 0. The number of carbonyl (C=O) groups is 3. The van der Waals surface area contributed by atoms with Crippen LogP contribution >= 0.6 is 0 Å². The molecule has 7 nitrogen and oxygen atoms in total. The van der Waals surface area contributed by atoms with Gasteiger partial charge >= 0.3 is 11.9 Å². The lowest BCUT2D eigenvalue weighted by Crippen LogP contribution is -2.37. The van der Waals surface area contributed by atoms with E-state index in [2.05, 4.69) is 5.32 Å². The van der Waals surface area contributed by atoms with Crippen molar-refractivity contribution in [3.05, 3.63) is 71.9 Å². The lowest BCUT2D eigenvalue weighted by molar-refractivity contribution is -0.140. The molecule has 2 aromatic carbocycles. The van der Waals surface area contributed by atoms with E-state index in [4.69, 9.17) is 5.11 Å². The van der Waals surface area contributed by atoms with Gasteiger partial charge in [-0.2, -0.15) is 0 Å². The minimum Gasteiger partial charge on any atom is -0.481 e. The molecule has 3 N–H and O–H groups in total. The first-order valence-corrected chi connectivity index (χ1v) is 8.84. The predicted octanol–water partition coefficient (Wildman–Crippen LogP) is 2.74. The summed E-state index contributed by atoms with van der Waals surface area (Å²) in [6, 6.07) is 15.4. The second-order valence-corrected chi connectivity index (χ2v) is 6.41. The van der Waals surface area contributed by atoms with Crippen LogP contribution in [0.1, 0.15) is 28.8 Å². The number of carboxylic acids is 2. The number of nitrogens with one attached hydrogen (secondary N) is 1. The second kappa shape index (κ2) is 8.49. The van der Waals surface area contributed by atoms with E-state index < -0.39 is 18.0 Å². The van der Waals surface area contributed by atoms with Gasteiger partial charge in [-0.3, -0.25) is 19.0 Å². The number of fused-ring (bicyclic) bond motifs is 1. The van der Waals surface area contributed by atoms with Crippen LogP contribution in [0, 0.1) is 0 Å². The molecule has 0 aliphatic heterocycles. The molecule has 0 radical (unpaired) electrons. The first-order chi connectivity index (χ1) is 13.5. The highest BCUT2D eigenvalue weighted by molar-refractivity contribution is 6.03. The van der Waals surface area contributed by atoms with Crippen LogP contribution in [0.15, 0.2) is 60.8 Å². The molecule has 28 heavy (non-hydrogen) atoms. The van der Waals surface area contributed by atoms with Crippen LogP contribution in [-0.4, -0.2) is 38.7 Å². The average molecular weight is 380 g/mol. The SMILES string of the molecule is O=C(O)CCC(NCc1ccccc1C(=O)n1ccc2ccccc21)C(=O)O. The van der Waals surface area contributed by atoms with Crippen molar-refractivity contribution in [2.24, 2.45) is 0 Å². The zero-order valence-electron chi connectivity index (χ0n) is 15.0. The molecule has 3 aromatic rings. The number of para-hydroxylation sites is 1. The zero-order chi connectivity index (χ0) is 20.1. The van der Waals surface area contributed by atoms with Gasteiger partial charge in [0.05, 0.1) is 5.52 Å². The van der Waals surface area contributed by atoms with Crippen molar-refractivity contribution in [2.45, 2.75) is 25.4 Å². The van der Waals surface area contributed by atoms with E-state index >= 15 is 0 Å². The number of hydrogen-bond donors (Lipinski definition) is 3. The molecule has 1 aromatic heterocycles. The number of benzene rings is 2. The highest BCUT2D eigenvalue weighted by Crippen LogP contribution is 2.19. The van der Waals surface area contributed by atoms with Crippen molar-refractivity contribution in [2.75, 3.05) is 0 Å². The monoisotopic (exact) mass is 380 g/mol. The van der Waals surface area contributed by atoms with Gasteiger partial charge in [0.25, 0.3) is 5.91 Å². The van der Waals surface area contributed by atoms with Crippen LogP contribution in [0.5, 0.6) is 0 Å². The van der Waals surface area contributed by atoms with Gasteiger partial charge < -0.3 is 15.5 Å². The van der Waals surface area contributed by atoms with Crippen LogP contribution in [0.3, 0.4) is 0 Å². The summed E-state index contributed by atoms with van der Waals surface area (Å²) in [4.78, 5) is 35.2. The maximum Gasteiger partial charge on any atom is 0.320 e. The van der Waals surface area contributed by atoms with Gasteiger partial charge in [0, 0.05) is 30.1 Å². The molecule has 0 amide bonds. The number of carboxylic acid groups (broad SMARTS) is 2. The first-order valence-electron chi connectivity index (χ1n) is 8.84. The molecular formula is C21H20N2O5. The molecule has 0 saturated heterocycles. The molecule has 0 saturated carbocycles. The molecule has 144 valence electrons. The third kappa shape index (κ3) is 4.27. The van der Waals surface area contributed by atoms with Gasteiger partial charge in [0.2, 0.25) is 0 Å². The Morgan fingerprint density at radius 3 is 2.43 bits per heavy atom. The smallest absolute Gasteiger partial charge is 0.320 e. The van der Waals surface area contributed by atoms with E-state index in [-0.39, 0.29) is 25.3 Å². The quantitative estimate of drug-likeness (QED) is 0.554. The molecule has 1 heterocycles. The molecule has 7 heteroatoms. The van der Waals surface area contributed by atoms with E-state index in [9.17, 15) is 19.5 Å². The topological polar surface area (TPSA) is 109 Å². The van der Waals surface area contributed by atoms with Crippen LogP contribution in [-0.2, 0) is 16.1 Å². The highest BCUT2D eigenvalue weighted by Gasteiger charge is 2.20. The Morgan fingerprint density at radius 1 is 0.964 bits per heavy atom. The van der Waals surface area contributed by atoms with Gasteiger partial charge in [0.1, 0.15) is 6.04 Å². The number of aromatic nitrogens is 1. The Balaban J connectivity index is 1.82. The van der Waals surface area contributed by atoms with Crippen molar-refractivity contribution in [1.82, 2.24) is 9.88 Å². The van der Waals surface area contributed by atoms with Crippen molar-refractivity contribution in [3.8, 4) is 0 Å². The van der Waals surface area contributed by atoms with Gasteiger partial charge in [0.15, 0.2) is 0 Å². The minimum atomic E-state index is -1.12. The molecule has 0 spiro atoms. The highest BCUT2D eigenvalue weighted by atomic mass is 16.4. The average Bonchev–Trinajstić information content (AvgIpc) is 3.11. The summed E-state index contributed by atoms with van der Waals surface area (Å²) in [6.07, 6.45) is 1.42. The zero-order valence-corrected chi connectivity index (χ0v) is 15.0. The van der Waals surface area contributed by atoms with E-state index in [1.54, 1.807) is 35.0 Å². The van der Waals surface area contributed by atoms with Crippen molar-refractivity contribution in [1.29, 1.82) is 0 Å². The van der Waals surface area contributed by atoms with Gasteiger partial charge in [-0.15, -0.1) is 0 Å². The van der Waals surface area contributed by atoms with Crippen molar-refractivity contribution >= 4 is 28.7 Å². The largest absolute Gasteiger partial charge is 0.481 e. The van der Waals surface area contributed by atoms with Crippen LogP contribution in [0.4, 0.5) is 0 Å². The summed E-state index contributed by atoms with van der Waals surface area (Å²) in [5, 5.41) is 21.8. The van der Waals surface area contributed by atoms with Crippen molar-refractivity contribution < 1.29 is 24.6 Å². The van der Waals surface area contributed by atoms with Crippen LogP contribution in [0.2, 0.25) is 0 Å². The van der Waals surface area contributed by atoms with Gasteiger partial charge in [-0.05, 0) is 30.2 Å². The normalized spacial score (nSPS) is 12.0. The van der Waals surface area contributed by atoms with Crippen LogP contribution in [0.25, 0.3) is 10.9 Å². The fourth-order valence-corrected chi connectivity index (χ4v) is 3.09. The molecule has 0 aliphatic rings. The minimum absolute atomic E-state index is 0.0387. The maximum atomic E-state index is 13.1. The summed E-state index contributed by atoms with van der Waals surface area (Å²) in [5.74, 6) is -2.39. The maximum absolute atomic E-state index is 13.1. The Kier molecular flexibility index (Phi) is 5.86. The van der Waals surface area contributed by atoms with E-state index in [0.29, 0.717) is 11.1 Å². The summed E-state index contributed by atoms with van der Waals surface area (Å²) >= 11 is 0. The van der Waals surface area contributed by atoms with E-state index in [1.165, 1.54) is 0 Å². The first kappa shape index (κ1) is 19.3. The Labute approximate surface area is 161 Å². The van der Waals surface area contributed by atoms with E-state index in [0.717, 1.165) is 10.9 Å². The third-order valence-corrected chi connectivity index (χ3v) is 4.55. The standard InChI is InChI=1S/C21H20N2O5/c24-19(25)10-9-17(21(27)28)22-13-15-6-1-3-7-16(15)20(26)23-12-11-14-5-2-4-8-18(14)23/h1-8,11-12,17,22H,9-10,13H2,(H,24,25)(H,27,28). The molecular weight excluding hydrogens is 360 g/mol. The lowest BCUT2D eigenvalue weighted by Gasteiger charge is -2.15. The molecule has 1 unspecified atom stereocenters. The number of rotatable bonds is 8. The van der Waals surface area contributed by atoms with Crippen molar-refractivity contribution in [3.63, 3.8) is 0 Å². The van der Waals surface area contributed by atoms with Gasteiger partial charge in [-0.25, -0.2) is 0 Å². The fourth-order valence-electron chi connectivity index (χ4n) is 3.09. The summed E-state index contributed by atoms with van der Waals surface area (Å²) < 4.78 is 1.56. The summed E-state index contributed by atoms with van der Waals surface area (Å²) in [6.45, 7) is 0.137. The number of carbonyl (C=O) groups excluding carboxylic acids is 1. The second-order valence-electron chi connectivity index (χ2n) is 6.41. The molecule has 0 aliphatic carbocycles. The predicted molar refractivity (Wildman–Crippen MR) is 103 cm³/mol. The number of nitrogens with zero attached hydrogens (tertiary/aromatic N) is 1. The fraction of sp³-hybridized carbons (Fsp3) is 0.190. The Bertz CT molecular complexity index is 1020. The molecule has 0 fully saturated rings. The lowest BCUT2D eigenvalue weighted by atomic mass is 10.1.